The molecule has 4 heteroatoms. The highest BCUT2D eigenvalue weighted by Crippen LogP contribution is 2.53. The number of aryl methyl sites for hydroxylation is 1. The maximum absolute atomic E-state index is 12.8. The Morgan fingerprint density at radius 3 is 2.30 bits per heavy atom. The second-order valence-electron chi connectivity index (χ2n) is 6.64. The Kier molecular flexibility index (Phi) is 3.84. The van der Waals surface area contributed by atoms with Crippen molar-refractivity contribution in [2.45, 2.75) is 20.8 Å². The first kappa shape index (κ1) is 15.5. The zero-order chi connectivity index (χ0) is 16.7. The van der Waals surface area contributed by atoms with Gasteiger partial charge in [0.05, 0.1) is 11.8 Å². The number of hydrogen-bond acceptors (Lipinski definition) is 2. The van der Waals surface area contributed by atoms with Crippen LogP contribution >= 0.6 is 0 Å². The fraction of sp³-hybridized carbons (Fsp3) is 0.368. The largest absolute Gasteiger partial charge is 0.481 e. The van der Waals surface area contributed by atoms with Crippen LogP contribution in [-0.4, -0.2) is 17.0 Å². The van der Waals surface area contributed by atoms with Crippen molar-refractivity contribution in [2.75, 3.05) is 5.32 Å². The molecule has 0 heterocycles. The summed E-state index contributed by atoms with van der Waals surface area (Å²) in [5, 5.41) is 12.5. The average molecular weight is 311 g/mol. The molecule has 2 aliphatic rings. The molecule has 1 saturated carbocycles. The molecule has 23 heavy (non-hydrogen) atoms. The van der Waals surface area contributed by atoms with Gasteiger partial charge in [0.15, 0.2) is 0 Å². The van der Waals surface area contributed by atoms with Crippen LogP contribution in [-0.2, 0) is 9.59 Å². The van der Waals surface area contributed by atoms with Crippen molar-refractivity contribution in [3.63, 3.8) is 0 Å². The van der Waals surface area contributed by atoms with Gasteiger partial charge in [-0.05, 0) is 38.5 Å². The van der Waals surface area contributed by atoms with Crippen molar-refractivity contribution in [1.29, 1.82) is 0 Å². The molecule has 1 amide bonds. The smallest absolute Gasteiger partial charge is 0.308 e. The average Bonchev–Trinajstić information content (AvgIpc) is 3.02. The minimum Gasteiger partial charge on any atom is -0.481 e. The molecule has 0 spiro atoms. The number of amides is 1. The van der Waals surface area contributed by atoms with E-state index in [1.54, 1.807) is 0 Å². The van der Waals surface area contributed by atoms with E-state index in [0.717, 1.165) is 16.7 Å². The van der Waals surface area contributed by atoms with Gasteiger partial charge in [-0.3, -0.25) is 9.59 Å². The maximum atomic E-state index is 12.8. The highest BCUT2D eigenvalue weighted by molar-refractivity contribution is 5.97. The Bertz CT molecular complexity index is 728. The summed E-state index contributed by atoms with van der Waals surface area (Å²) in [6, 6.07) is 7.54. The lowest BCUT2D eigenvalue weighted by atomic mass is 9.82. The second-order valence-corrected chi connectivity index (χ2v) is 6.64. The lowest BCUT2D eigenvalue weighted by molar-refractivity contribution is -0.146. The number of rotatable bonds is 3. The van der Waals surface area contributed by atoms with Crippen LogP contribution in [0.3, 0.4) is 0 Å². The van der Waals surface area contributed by atoms with Crippen LogP contribution in [0.1, 0.15) is 19.4 Å². The van der Waals surface area contributed by atoms with E-state index in [1.165, 1.54) is 0 Å². The molecule has 4 nitrogen and oxygen atoms in total. The van der Waals surface area contributed by atoms with E-state index >= 15 is 0 Å². The summed E-state index contributed by atoms with van der Waals surface area (Å²) in [4.78, 5) is 24.5. The van der Waals surface area contributed by atoms with Gasteiger partial charge in [-0.1, -0.05) is 35.4 Å². The van der Waals surface area contributed by atoms with Crippen molar-refractivity contribution >= 4 is 17.6 Å². The fourth-order valence-electron chi connectivity index (χ4n) is 3.99. The quantitative estimate of drug-likeness (QED) is 0.841. The van der Waals surface area contributed by atoms with Crippen molar-refractivity contribution in [1.82, 2.24) is 0 Å². The van der Waals surface area contributed by atoms with Crippen LogP contribution < -0.4 is 5.32 Å². The van der Waals surface area contributed by atoms with Gasteiger partial charge in [-0.2, -0.15) is 0 Å². The molecule has 0 radical (unpaired) electrons. The van der Waals surface area contributed by atoms with E-state index in [2.05, 4.69) is 5.32 Å². The van der Waals surface area contributed by atoms with Crippen LogP contribution in [0.5, 0.6) is 0 Å². The summed E-state index contributed by atoms with van der Waals surface area (Å²) in [5.41, 5.74) is 3.98. The summed E-state index contributed by atoms with van der Waals surface area (Å²) in [6.45, 7) is 5.93. The maximum Gasteiger partial charge on any atom is 0.308 e. The Labute approximate surface area is 135 Å². The second kappa shape index (κ2) is 5.69. The van der Waals surface area contributed by atoms with Gasteiger partial charge < -0.3 is 10.4 Å². The predicted molar refractivity (Wildman–Crippen MR) is 88.9 cm³/mol. The standard InChI is InChI=1S/C19H21NO3/c1-10(2)15-13-7-8-14(15)17(19(22)23)16(13)18(21)20-12-6-4-5-11(3)9-12/h4-9,13-14,16-17H,1-3H3,(H,20,21)(H,22,23)/t13-,14-,16+,17+/m1/s1. The molecule has 120 valence electrons. The first-order chi connectivity index (χ1) is 10.9. The lowest BCUT2D eigenvalue weighted by Crippen LogP contribution is -2.36. The van der Waals surface area contributed by atoms with E-state index in [1.807, 2.05) is 57.2 Å². The molecule has 2 bridgehead atoms. The highest BCUT2D eigenvalue weighted by atomic mass is 16.4. The molecular weight excluding hydrogens is 290 g/mol. The summed E-state index contributed by atoms with van der Waals surface area (Å²) >= 11 is 0. The number of anilines is 1. The molecule has 1 aromatic rings. The van der Waals surface area contributed by atoms with Gasteiger partial charge in [0.1, 0.15) is 0 Å². The van der Waals surface area contributed by atoms with E-state index in [4.69, 9.17) is 0 Å². The minimum absolute atomic E-state index is 0.101. The Morgan fingerprint density at radius 2 is 1.74 bits per heavy atom. The van der Waals surface area contributed by atoms with E-state index in [-0.39, 0.29) is 17.7 Å². The van der Waals surface area contributed by atoms with Gasteiger partial charge in [0.2, 0.25) is 5.91 Å². The number of hydrogen-bond donors (Lipinski definition) is 2. The topological polar surface area (TPSA) is 66.4 Å². The number of benzene rings is 1. The van der Waals surface area contributed by atoms with E-state index in [0.29, 0.717) is 5.69 Å². The van der Waals surface area contributed by atoms with Gasteiger partial charge in [-0.25, -0.2) is 0 Å². The monoisotopic (exact) mass is 311 g/mol. The number of carboxylic acids is 1. The molecular formula is C19H21NO3. The Hall–Kier alpha value is -2.36. The number of allylic oxidation sites excluding steroid dienone is 4. The van der Waals surface area contributed by atoms with Crippen molar-refractivity contribution in [2.24, 2.45) is 23.7 Å². The summed E-state index contributed by atoms with van der Waals surface area (Å²) < 4.78 is 0. The van der Waals surface area contributed by atoms with Gasteiger partial charge >= 0.3 is 5.97 Å². The molecule has 2 aliphatic carbocycles. The van der Waals surface area contributed by atoms with Crippen LogP contribution in [0.2, 0.25) is 0 Å². The van der Waals surface area contributed by atoms with Gasteiger partial charge in [0.25, 0.3) is 0 Å². The molecule has 0 unspecified atom stereocenters. The number of fused-ring (bicyclic) bond motifs is 2. The third-order valence-electron chi connectivity index (χ3n) is 4.86. The van der Waals surface area contributed by atoms with E-state index in [9.17, 15) is 14.7 Å². The number of carbonyl (C=O) groups is 2. The Morgan fingerprint density at radius 1 is 1.09 bits per heavy atom. The molecule has 1 aromatic carbocycles. The normalized spacial score (nSPS) is 28.0. The molecule has 2 N–H and O–H groups in total. The lowest BCUT2D eigenvalue weighted by Gasteiger charge is -2.23. The van der Waals surface area contributed by atoms with Crippen molar-refractivity contribution in [3.8, 4) is 0 Å². The number of aliphatic carboxylic acids is 1. The van der Waals surface area contributed by atoms with Crippen LogP contribution in [0, 0.1) is 30.6 Å². The molecule has 0 aliphatic heterocycles. The SMILES string of the molecule is CC(C)=C1[C@H]2C=C[C@H]1[C@H](C(=O)Nc1cccc(C)c1)[C@H]2C(=O)O. The molecule has 4 atom stereocenters. The Balaban J connectivity index is 1.91. The predicted octanol–water partition coefficient (Wildman–Crippen LogP) is 3.40. The van der Waals surface area contributed by atoms with Crippen LogP contribution in [0.4, 0.5) is 5.69 Å². The van der Waals surface area contributed by atoms with Crippen LogP contribution in [0.15, 0.2) is 47.6 Å². The first-order valence-electron chi connectivity index (χ1n) is 7.86. The number of nitrogens with one attached hydrogen (secondary N) is 1. The fourth-order valence-corrected chi connectivity index (χ4v) is 3.99. The van der Waals surface area contributed by atoms with Crippen molar-refractivity contribution in [3.05, 3.63) is 53.1 Å². The minimum atomic E-state index is -0.898. The summed E-state index contributed by atoms with van der Waals surface area (Å²) in [5.74, 6) is -2.59. The molecule has 0 aromatic heterocycles. The molecule has 3 rings (SSSR count). The van der Waals surface area contributed by atoms with E-state index < -0.39 is 17.8 Å². The number of carbonyl (C=O) groups excluding carboxylic acids is 1. The summed E-state index contributed by atoms with van der Waals surface area (Å²) in [7, 11) is 0. The van der Waals surface area contributed by atoms with Crippen LogP contribution in [0.25, 0.3) is 0 Å². The molecule has 1 fully saturated rings. The first-order valence-corrected chi connectivity index (χ1v) is 7.86. The summed E-state index contributed by atoms with van der Waals surface area (Å²) in [6.07, 6.45) is 3.94. The zero-order valence-electron chi connectivity index (χ0n) is 13.5. The van der Waals surface area contributed by atoms with Crippen molar-refractivity contribution < 1.29 is 14.7 Å². The van der Waals surface area contributed by atoms with Gasteiger partial charge in [0, 0.05) is 17.5 Å². The molecule has 0 saturated heterocycles. The van der Waals surface area contributed by atoms with Gasteiger partial charge in [-0.15, -0.1) is 0 Å². The third kappa shape index (κ3) is 2.58. The number of carboxylic acid groups (broad SMARTS) is 1. The zero-order valence-corrected chi connectivity index (χ0v) is 13.5. The third-order valence-corrected chi connectivity index (χ3v) is 4.86. The highest BCUT2D eigenvalue weighted by Gasteiger charge is 2.54.